The van der Waals surface area contributed by atoms with Gasteiger partial charge in [-0.2, -0.15) is 5.10 Å². The predicted molar refractivity (Wildman–Crippen MR) is 60.0 cm³/mol. The second-order valence-corrected chi connectivity index (χ2v) is 4.04. The number of rotatable bonds is 1. The predicted octanol–water partition coefficient (Wildman–Crippen LogP) is 2.47. The van der Waals surface area contributed by atoms with Gasteiger partial charge in [0, 0.05) is 18.7 Å². The molecular weight excluding hydrogens is 231 g/mol. The van der Waals surface area contributed by atoms with Gasteiger partial charge in [-0.05, 0) is 13.0 Å². The zero-order chi connectivity index (χ0) is 11.7. The quantitative estimate of drug-likeness (QED) is 0.756. The van der Waals surface area contributed by atoms with Gasteiger partial charge in [-0.25, -0.2) is 4.39 Å². The van der Waals surface area contributed by atoms with E-state index in [1.807, 2.05) is 0 Å². The van der Waals surface area contributed by atoms with Crippen molar-refractivity contribution >= 4 is 11.6 Å². The first-order valence-electron chi connectivity index (χ1n) is 4.86. The third kappa shape index (κ3) is 2.07. The van der Waals surface area contributed by atoms with E-state index < -0.39 is 0 Å². The van der Waals surface area contributed by atoms with Crippen molar-refractivity contribution in [3.63, 3.8) is 0 Å². The molecule has 1 aromatic heterocycles. The van der Waals surface area contributed by atoms with Crippen LogP contribution in [0.3, 0.4) is 0 Å². The maximum absolute atomic E-state index is 13.3. The van der Waals surface area contributed by atoms with Gasteiger partial charge in [0.25, 0.3) is 0 Å². The first-order chi connectivity index (χ1) is 7.58. The number of nitrogens with zero attached hydrogens (tertiary/aromatic N) is 2. The van der Waals surface area contributed by atoms with Crippen molar-refractivity contribution in [1.82, 2.24) is 9.78 Å². The van der Waals surface area contributed by atoms with Crippen LogP contribution < -0.4 is 5.43 Å². The van der Waals surface area contributed by atoms with Gasteiger partial charge >= 0.3 is 0 Å². The zero-order valence-corrected chi connectivity index (χ0v) is 9.41. The summed E-state index contributed by atoms with van der Waals surface area (Å²) in [7, 11) is 0. The van der Waals surface area contributed by atoms with E-state index in [4.69, 9.17) is 11.6 Å². The lowest BCUT2D eigenvalue weighted by atomic mass is 10.1. The summed E-state index contributed by atoms with van der Waals surface area (Å²) in [4.78, 5) is 11.2. The summed E-state index contributed by atoms with van der Waals surface area (Å²) in [6.45, 7) is 1.63. The van der Waals surface area contributed by atoms with E-state index in [0.29, 0.717) is 5.69 Å². The molecular formula is C11H10ClFN2O. The minimum Gasteiger partial charge on any atom is -0.288 e. The van der Waals surface area contributed by atoms with Crippen LogP contribution in [0.2, 0.25) is 0 Å². The molecule has 0 aliphatic heterocycles. The first kappa shape index (κ1) is 11.1. The Morgan fingerprint density at radius 1 is 1.62 bits per heavy atom. The monoisotopic (exact) mass is 240 g/mol. The third-order valence-corrected chi connectivity index (χ3v) is 2.78. The molecule has 1 atom stereocenters. The van der Waals surface area contributed by atoms with Crippen LogP contribution >= 0.6 is 11.6 Å². The number of hydrogen-bond donors (Lipinski definition) is 0. The second-order valence-electron chi connectivity index (χ2n) is 3.63. The van der Waals surface area contributed by atoms with Gasteiger partial charge in [-0.3, -0.25) is 9.48 Å². The molecule has 0 spiro atoms. The Kier molecular flexibility index (Phi) is 2.92. The Labute approximate surface area is 96.8 Å². The molecule has 1 aliphatic carbocycles. The maximum Gasteiger partial charge on any atom is 0.203 e. The number of aromatic nitrogens is 2. The molecule has 0 aromatic carbocycles. The number of halogens is 2. The van der Waals surface area contributed by atoms with Gasteiger partial charge in [0.1, 0.15) is 11.5 Å². The maximum atomic E-state index is 13.3. The molecule has 5 heteroatoms. The Bertz CT molecular complexity index is 533. The molecule has 0 saturated carbocycles. The van der Waals surface area contributed by atoms with Crippen LogP contribution in [0.25, 0.3) is 0 Å². The van der Waals surface area contributed by atoms with Crippen LogP contribution in [0.5, 0.6) is 0 Å². The molecule has 2 rings (SSSR count). The standard InChI is InChI=1S/C11H10ClFN2O/c1-7-11(16)4-5-15(14-7)8-2-3-9(12)10(13)6-8/h2-5,8H,6H2,1H3. The minimum atomic E-state index is -0.354. The van der Waals surface area contributed by atoms with Gasteiger partial charge in [-0.1, -0.05) is 17.7 Å². The highest BCUT2D eigenvalue weighted by Gasteiger charge is 2.17. The van der Waals surface area contributed by atoms with Crippen molar-refractivity contribution in [2.24, 2.45) is 0 Å². The van der Waals surface area contributed by atoms with E-state index in [9.17, 15) is 9.18 Å². The number of hydrogen-bond acceptors (Lipinski definition) is 2. The Morgan fingerprint density at radius 2 is 2.38 bits per heavy atom. The van der Waals surface area contributed by atoms with Gasteiger partial charge in [-0.15, -0.1) is 0 Å². The summed E-state index contributed by atoms with van der Waals surface area (Å²) >= 11 is 5.61. The lowest BCUT2D eigenvalue weighted by molar-refractivity contribution is 0.457. The normalized spacial score (nSPS) is 20.3. The molecule has 16 heavy (non-hydrogen) atoms. The summed E-state index contributed by atoms with van der Waals surface area (Å²) in [5, 5.41) is 4.21. The second kappa shape index (κ2) is 4.22. The van der Waals surface area contributed by atoms with Gasteiger partial charge in [0.15, 0.2) is 0 Å². The summed E-state index contributed by atoms with van der Waals surface area (Å²) < 4.78 is 14.9. The molecule has 1 unspecified atom stereocenters. The molecule has 84 valence electrons. The first-order valence-corrected chi connectivity index (χ1v) is 5.24. The van der Waals surface area contributed by atoms with Crippen molar-refractivity contribution < 1.29 is 4.39 Å². The van der Waals surface area contributed by atoms with Gasteiger partial charge in [0.05, 0.1) is 11.1 Å². The average molecular weight is 241 g/mol. The lowest BCUT2D eigenvalue weighted by Gasteiger charge is -2.18. The van der Waals surface area contributed by atoms with Crippen LogP contribution in [0.1, 0.15) is 18.2 Å². The molecule has 3 nitrogen and oxygen atoms in total. The fourth-order valence-electron chi connectivity index (χ4n) is 1.52. The van der Waals surface area contributed by atoms with Crippen molar-refractivity contribution in [2.75, 3.05) is 0 Å². The van der Waals surface area contributed by atoms with Crippen molar-refractivity contribution in [3.8, 4) is 0 Å². The molecule has 1 aromatic rings. The molecule has 0 radical (unpaired) electrons. The highest BCUT2D eigenvalue weighted by molar-refractivity contribution is 6.31. The van der Waals surface area contributed by atoms with E-state index in [1.165, 1.54) is 12.1 Å². The van der Waals surface area contributed by atoms with E-state index >= 15 is 0 Å². The highest BCUT2D eigenvalue weighted by Crippen LogP contribution is 2.29. The van der Waals surface area contributed by atoms with Crippen LogP contribution in [-0.2, 0) is 0 Å². The van der Waals surface area contributed by atoms with Crippen LogP contribution in [0.15, 0.2) is 40.1 Å². The van der Waals surface area contributed by atoms with Crippen LogP contribution in [0.4, 0.5) is 4.39 Å². The van der Waals surface area contributed by atoms with E-state index in [0.717, 1.165) is 0 Å². The van der Waals surface area contributed by atoms with E-state index in [-0.39, 0.29) is 28.8 Å². The molecule has 0 fully saturated rings. The third-order valence-electron chi connectivity index (χ3n) is 2.45. The molecule has 0 saturated heterocycles. The number of allylic oxidation sites excluding steroid dienone is 4. The van der Waals surface area contributed by atoms with Crippen molar-refractivity contribution in [2.45, 2.75) is 19.4 Å². The molecule has 1 heterocycles. The van der Waals surface area contributed by atoms with Crippen molar-refractivity contribution in [3.05, 3.63) is 51.2 Å². The molecule has 0 N–H and O–H groups in total. The summed E-state index contributed by atoms with van der Waals surface area (Å²) in [5.41, 5.74) is 0.280. The molecule has 0 amide bonds. The molecule has 0 bridgehead atoms. The molecule has 1 aliphatic rings. The Morgan fingerprint density at radius 3 is 3.00 bits per heavy atom. The fourth-order valence-corrected chi connectivity index (χ4v) is 1.67. The van der Waals surface area contributed by atoms with Crippen molar-refractivity contribution in [1.29, 1.82) is 0 Å². The Balaban J connectivity index is 2.31. The van der Waals surface area contributed by atoms with Crippen LogP contribution in [0, 0.1) is 6.92 Å². The summed E-state index contributed by atoms with van der Waals surface area (Å²) in [5.74, 6) is -0.354. The van der Waals surface area contributed by atoms with Gasteiger partial charge in [0.2, 0.25) is 5.43 Å². The summed E-state index contributed by atoms with van der Waals surface area (Å²) in [6.07, 6.45) is 5.00. The topological polar surface area (TPSA) is 34.9 Å². The number of aryl methyl sites for hydroxylation is 1. The summed E-state index contributed by atoms with van der Waals surface area (Å²) in [6, 6.07) is 1.20. The van der Waals surface area contributed by atoms with Gasteiger partial charge < -0.3 is 0 Å². The Hall–Kier alpha value is -1.42. The highest BCUT2D eigenvalue weighted by atomic mass is 35.5. The SMILES string of the molecule is Cc1nn(C2C=CC(Cl)=C(F)C2)ccc1=O. The van der Waals surface area contributed by atoms with Crippen LogP contribution in [-0.4, -0.2) is 9.78 Å². The lowest BCUT2D eigenvalue weighted by Crippen LogP contribution is -2.18. The largest absolute Gasteiger partial charge is 0.288 e. The zero-order valence-electron chi connectivity index (χ0n) is 8.65. The van der Waals surface area contributed by atoms with E-state index in [1.54, 1.807) is 23.9 Å². The average Bonchev–Trinajstić information content (AvgIpc) is 2.26. The van der Waals surface area contributed by atoms with E-state index in [2.05, 4.69) is 5.10 Å². The minimum absolute atomic E-state index is 0.120. The fraction of sp³-hybridized carbons (Fsp3) is 0.273. The smallest absolute Gasteiger partial charge is 0.203 e.